The highest BCUT2D eigenvalue weighted by Gasteiger charge is 2.33. The van der Waals surface area contributed by atoms with E-state index in [1.807, 2.05) is 0 Å². The Bertz CT molecular complexity index is 487. The second kappa shape index (κ2) is 7.09. The Morgan fingerprint density at radius 1 is 1.24 bits per heavy atom. The van der Waals surface area contributed by atoms with Crippen LogP contribution < -0.4 is 9.47 Å². The largest absolute Gasteiger partial charge is 0.573 e. The summed E-state index contributed by atoms with van der Waals surface area (Å²) in [5, 5.41) is 0. The molecule has 0 saturated carbocycles. The van der Waals surface area contributed by atoms with Gasteiger partial charge in [0, 0.05) is 5.56 Å². The van der Waals surface area contributed by atoms with Crippen molar-refractivity contribution < 1.29 is 41.0 Å². The maximum Gasteiger partial charge on any atom is 0.573 e. The second-order valence-corrected chi connectivity index (χ2v) is 3.64. The van der Waals surface area contributed by atoms with E-state index in [2.05, 4.69) is 14.2 Å². The number of rotatable bonds is 6. The van der Waals surface area contributed by atoms with Crippen LogP contribution in [0.3, 0.4) is 0 Å². The van der Waals surface area contributed by atoms with Crippen molar-refractivity contribution in [2.75, 3.05) is 6.61 Å². The topological polar surface area (TPSA) is 44.8 Å². The first-order chi connectivity index (χ1) is 9.73. The minimum atomic E-state index is -5.03. The lowest BCUT2D eigenvalue weighted by molar-refractivity contribution is -0.275. The molecule has 0 aromatic heterocycles. The van der Waals surface area contributed by atoms with Crippen LogP contribution in [0.4, 0.5) is 22.0 Å². The van der Waals surface area contributed by atoms with Crippen molar-refractivity contribution in [1.82, 2.24) is 0 Å². The molecule has 0 radical (unpaired) electrons. The Labute approximate surface area is 116 Å². The first-order valence-corrected chi connectivity index (χ1v) is 5.71. The number of hydrogen-bond donors (Lipinski definition) is 0. The van der Waals surface area contributed by atoms with Crippen molar-refractivity contribution in [2.45, 2.75) is 26.3 Å². The molecule has 0 bridgehead atoms. The number of hydrogen-bond acceptors (Lipinski definition) is 4. The van der Waals surface area contributed by atoms with Gasteiger partial charge in [-0.2, -0.15) is 8.78 Å². The van der Waals surface area contributed by atoms with Gasteiger partial charge in [-0.15, -0.1) is 13.2 Å². The predicted molar refractivity (Wildman–Crippen MR) is 60.1 cm³/mol. The molecular weight excluding hydrogens is 303 g/mol. The van der Waals surface area contributed by atoms with Crippen LogP contribution in [0.2, 0.25) is 0 Å². The van der Waals surface area contributed by atoms with Crippen LogP contribution in [-0.4, -0.2) is 25.6 Å². The number of carbonyl (C=O) groups excluding carboxylic acids is 1. The Morgan fingerprint density at radius 3 is 2.38 bits per heavy atom. The lowest BCUT2D eigenvalue weighted by Gasteiger charge is -2.16. The average Bonchev–Trinajstić information content (AvgIpc) is 2.31. The lowest BCUT2D eigenvalue weighted by Crippen LogP contribution is -2.20. The number of benzene rings is 1. The fraction of sp³-hybridized carbons (Fsp3) is 0.417. The smallest absolute Gasteiger partial charge is 0.466 e. The third kappa shape index (κ3) is 5.84. The molecule has 118 valence electrons. The van der Waals surface area contributed by atoms with Gasteiger partial charge in [-0.1, -0.05) is 6.07 Å². The van der Waals surface area contributed by atoms with Crippen molar-refractivity contribution in [3.63, 3.8) is 0 Å². The SMILES string of the molecule is CCOC(=O)Cc1c(OC(F)F)cccc1OC(F)(F)F. The summed E-state index contributed by atoms with van der Waals surface area (Å²) in [6.45, 7) is -1.77. The van der Waals surface area contributed by atoms with Gasteiger partial charge in [0.15, 0.2) is 0 Å². The summed E-state index contributed by atoms with van der Waals surface area (Å²) in [7, 11) is 0. The molecule has 0 unspecified atom stereocenters. The molecule has 4 nitrogen and oxygen atoms in total. The van der Waals surface area contributed by atoms with Crippen LogP contribution in [-0.2, 0) is 16.0 Å². The highest BCUT2D eigenvalue weighted by atomic mass is 19.4. The summed E-state index contributed by atoms with van der Waals surface area (Å²) in [5.41, 5.74) is -0.464. The van der Waals surface area contributed by atoms with E-state index in [0.717, 1.165) is 18.2 Å². The normalized spacial score (nSPS) is 11.4. The van der Waals surface area contributed by atoms with Crippen LogP contribution in [0.5, 0.6) is 11.5 Å². The van der Waals surface area contributed by atoms with Crippen LogP contribution in [0, 0.1) is 0 Å². The molecule has 0 aliphatic rings. The molecule has 1 rings (SSSR count). The zero-order chi connectivity index (χ0) is 16.0. The molecule has 0 aliphatic carbocycles. The van der Waals surface area contributed by atoms with Crippen LogP contribution in [0.25, 0.3) is 0 Å². The van der Waals surface area contributed by atoms with Crippen molar-refractivity contribution in [3.05, 3.63) is 23.8 Å². The summed E-state index contributed by atoms with van der Waals surface area (Å²) in [4.78, 5) is 11.4. The van der Waals surface area contributed by atoms with E-state index >= 15 is 0 Å². The Kier molecular flexibility index (Phi) is 5.74. The summed E-state index contributed by atoms with van der Waals surface area (Å²) < 4.78 is 73.7. The minimum Gasteiger partial charge on any atom is -0.466 e. The van der Waals surface area contributed by atoms with E-state index < -0.39 is 42.4 Å². The number of halogens is 5. The van der Waals surface area contributed by atoms with Crippen molar-refractivity contribution in [1.29, 1.82) is 0 Å². The molecule has 0 N–H and O–H groups in total. The van der Waals surface area contributed by atoms with E-state index in [-0.39, 0.29) is 6.61 Å². The fourth-order valence-electron chi connectivity index (χ4n) is 1.50. The third-order valence-corrected chi connectivity index (χ3v) is 2.16. The molecule has 0 saturated heterocycles. The first-order valence-electron chi connectivity index (χ1n) is 5.71. The van der Waals surface area contributed by atoms with Crippen LogP contribution >= 0.6 is 0 Å². The second-order valence-electron chi connectivity index (χ2n) is 3.64. The molecule has 0 fully saturated rings. The summed E-state index contributed by atoms with van der Waals surface area (Å²) in [6, 6.07) is 2.93. The Morgan fingerprint density at radius 2 is 1.86 bits per heavy atom. The van der Waals surface area contributed by atoms with E-state index in [1.165, 1.54) is 6.92 Å². The molecule has 0 spiro atoms. The van der Waals surface area contributed by atoms with Crippen LogP contribution in [0.1, 0.15) is 12.5 Å². The van der Waals surface area contributed by atoms with Crippen molar-refractivity contribution >= 4 is 5.97 Å². The van der Waals surface area contributed by atoms with Gasteiger partial charge < -0.3 is 14.2 Å². The van der Waals surface area contributed by atoms with Gasteiger partial charge in [-0.25, -0.2) is 0 Å². The van der Waals surface area contributed by atoms with Gasteiger partial charge in [0.05, 0.1) is 13.0 Å². The lowest BCUT2D eigenvalue weighted by atomic mass is 10.1. The number of esters is 1. The van der Waals surface area contributed by atoms with Crippen LogP contribution in [0.15, 0.2) is 18.2 Å². The zero-order valence-electron chi connectivity index (χ0n) is 10.7. The van der Waals surface area contributed by atoms with E-state index in [1.54, 1.807) is 0 Å². The zero-order valence-corrected chi connectivity index (χ0v) is 10.7. The molecule has 0 amide bonds. The van der Waals surface area contributed by atoms with E-state index in [4.69, 9.17) is 0 Å². The molecule has 21 heavy (non-hydrogen) atoms. The summed E-state index contributed by atoms with van der Waals surface area (Å²) in [5.74, 6) is -2.27. The quantitative estimate of drug-likeness (QED) is 0.597. The fourth-order valence-corrected chi connectivity index (χ4v) is 1.50. The standard InChI is InChI=1S/C12H11F5O4/c1-2-19-10(18)6-7-8(20-11(13)14)4-3-5-9(7)21-12(15,16)17/h3-5,11H,2,6H2,1H3. The maximum absolute atomic E-state index is 12.3. The minimum absolute atomic E-state index is 0.00777. The Hall–Kier alpha value is -2.06. The number of alkyl halides is 5. The molecule has 0 heterocycles. The van der Waals surface area contributed by atoms with Gasteiger partial charge in [0.25, 0.3) is 0 Å². The number of ether oxygens (including phenoxy) is 3. The van der Waals surface area contributed by atoms with Gasteiger partial charge >= 0.3 is 18.9 Å². The molecule has 0 aliphatic heterocycles. The molecule has 9 heteroatoms. The van der Waals surface area contributed by atoms with Gasteiger partial charge in [-0.05, 0) is 19.1 Å². The van der Waals surface area contributed by atoms with Gasteiger partial charge in [0.2, 0.25) is 0 Å². The third-order valence-electron chi connectivity index (χ3n) is 2.16. The summed E-state index contributed by atoms with van der Waals surface area (Å²) >= 11 is 0. The highest BCUT2D eigenvalue weighted by molar-refractivity contribution is 5.75. The highest BCUT2D eigenvalue weighted by Crippen LogP contribution is 2.34. The monoisotopic (exact) mass is 314 g/mol. The van der Waals surface area contributed by atoms with Gasteiger partial charge in [-0.3, -0.25) is 4.79 Å². The molecule has 1 aromatic carbocycles. The molecular formula is C12H11F5O4. The molecule has 0 atom stereocenters. The van der Waals surface area contributed by atoms with E-state index in [0.29, 0.717) is 0 Å². The maximum atomic E-state index is 12.3. The number of carbonyl (C=O) groups is 1. The summed E-state index contributed by atoms with van der Waals surface area (Å²) in [6.07, 6.45) is -5.73. The van der Waals surface area contributed by atoms with E-state index in [9.17, 15) is 26.7 Å². The predicted octanol–water partition coefficient (Wildman–Crippen LogP) is 3.29. The van der Waals surface area contributed by atoms with Gasteiger partial charge in [0.1, 0.15) is 11.5 Å². The average molecular weight is 314 g/mol. The molecule has 1 aromatic rings. The first kappa shape index (κ1) is 17.0. The van der Waals surface area contributed by atoms with Crippen molar-refractivity contribution in [2.24, 2.45) is 0 Å². The van der Waals surface area contributed by atoms with Crippen molar-refractivity contribution in [3.8, 4) is 11.5 Å². The Balaban J connectivity index is 3.13.